The number of sulfone groups is 1. The first kappa shape index (κ1) is 16.0. The lowest BCUT2D eigenvalue weighted by molar-refractivity contribution is 0.0309. The van der Waals surface area contributed by atoms with Crippen molar-refractivity contribution in [1.82, 2.24) is 4.90 Å². The zero-order valence-corrected chi connectivity index (χ0v) is 11.7. The predicted molar refractivity (Wildman–Crippen MR) is 67.7 cm³/mol. The average Bonchev–Trinajstić information content (AvgIpc) is 2.11. The highest BCUT2D eigenvalue weighted by Crippen LogP contribution is 2.09. The third-order valence-electron chi connectivity index (χ3n) is 1.81. The quantitative estimate of drug-likeness (QED) is 0.704. The molecule has 0 aliphatic carbocycles. The smallest absolute Gasteiger partial charge is 0.410 e. The Hall–Kier alpha value is -1.04. The highest BCUT2D eigenvalue weighted by atomic mass is 32.2. The van der Waals surface area contributed by atoms with Crippen molar-refractivity contribution >= 4 is 15.9 Å². The van der Waals surface area contributed by atoms with E-state index < -0.39 is 21.5 Å². The topological polar surface area (TPSA) is 63.7 Å². The monoisotopic (exact) mass is 263 g/mol. The number of ether oxygens (including phenoxy) is 1. The molecule has 0 atom stereocenters. The molecule has 17 heavy (non-hydrogen) atoms. The van der Waals surface area contributed by atoms with E-state index in [1.54, 1.807) is 20.8 Å². The number of hydrogen-bond donors (Lipinski definition) is 0. The molecular formula is C11H21NO4S. The molecule has 0 aromatic rings. The first-order chi connectivity index (χ1) is 7.57. The van der Waals surface area contributed by atoms with Gasteiger partial charge >= 0.3 is 6.09 Å². The van der Waals surface area contributed by atoms with Crippen LogP contribution in [0.25, 0.3) is 0 Å². The van der Waals surface area contributed by atoms with Gasteiger partial charge in [-0.3, -0.25) is 0 Å². The summed E-state index contributed by atoms with van der Waals surface area (Å²) in [4.78, 5) is 12.8. The minimum atomic E-state index is -3.17. The fourth-order valence-electron chi connectivity index (χ4n) is 0.970. The van der Waals surface area contributed by atoms with Gasteiger partial charge in [0.15, 0.2) is 9.84 Å². The second kappa shape index (κ2) is 6.05. The first-order valence-electron chi connectivity index (χ1n) is 5.33. The molecule has 0 saturated heterocycles. The molecule has 0 aromatic heterocycles. The Morgan fingerprint density at radius 1 is 1.41 bits per heavy atom. The minimum Gasteiger partial charge on any atom is -0.444 e. The summed E-state index contributed by atoms with van der Waals surface area (Å²) < 4.78 is 27.9. The number of rotatable bonds is 5. The average molecular weight is 263 g/mol. The predicted octanol–water partition coefficient (Wildman–Crippen LogP) is 1.45. The second-order valence-corrected chi connectivity index (χ2v) is 7.03. The molecular weight excluding hydrogens is 242 g/mol. The van der Waals surface area contributed by atoms with Crippen molar-refractivity contribution in [2.75, 3.05) is 25.1 Å². The fraction of sp³-hybridized carbons (Fsp3) is 0.727. The standard InChI is InChI=1S/C11H21NO4S/c1-6-8-17(14,15)9-7-12(5)10(13)16-11(2,3)4/h6H,1,7-9H2,2-5H3. The normalized spacial score (nSPS) is 12.0. The first-order valence-corrected chi connectivity index (χ1v) is 7.15. The van der Waals surface area contributed by atoms with Crippen molar-refractivity contribution < 1.29 is 17.9 Å². The van der Waals surface area contributed by atoms with E-state index in [1.807, 2.05) is 0 Å². The van der Waals surface area contributed by atoms with Crippen molar-refractivity contribution in [2.24, 2.45) is 0 Å². The summed E-state index contributed by atoms with van der Waals surface area (Å²) >= 11 is 0. The highest BCUT2D eigenvalue weighted by molar-refractivity contribution is 7.91. The molecule has 0 rings (SSSR count). The highest BCUT2D eigenvalue weighted by Gasteiger charge is 2.20. The summed E-state index contributed by atoms with van der Waals surface area (Å²) in [6.45, 7) is 8.76. The second-order valence-electron chi connectivity index (χ2n) is 4.80. The Kier molecular flexibility index (Phi) is 5.68. The molecule has 0 bridgehead atoms. The minimum absolute atomic E-state index is 0.0742. The summed E-state index contributed by atoms with van der Waals surface area (Å²) in [7, 11) is -1.66. The van der Waals surface area contributed by atoms with Crippen LogP contribution in [0.4, 0.5) is 4.79 Å². The zero-order chi connectivity index (χ0) is 13.7. The van der Waals surface area contributed by atoms with E-state index in [1.165, 1.54) is 18.0 Å². The zero-order valence-electron chi connectivity index (χ0n) is 10.9. The van der Waals surface area contributed by atoms with Crippen LogP contribution in [0.3, 0.4) is 0 Å². The summed E-state index contributed by atoms with van der Waals surface area (Å²) in [6, 6.07) is 0. The van der Waals surface area contributed by atoms with E-state index in [-0.39, 0.29) is 18.1 Å². The summed E-state index contributed by atoms with van der Waals surface area (Å²) in [5.41, 5.74) is -0.578. The number of amides is 1. The summed E-state index contributed by atoms with van der Waals surface area (Å²) in [5, 5.41) is 0. The maximum atomic E-state index is 11.5. The van der Waals surface area contributed by atoms with Crippen LogP contribution < -0.4 is 0 Å². The van der Waals surface area contributed by atoms with Gasteiger partial charge in [0.25, 0.3) is 0 Å². The SMILES string of the molecule is C=CCS(=O)(=O)CCN(C)C(=O)OC(C)(C)C. The van der Waals surface area contributed by atoms with Gasteiger partial charge in [-0.2, -0.15) is 0 Å². The van der Waals surface area contributed by atoms with E-state index in [2.05, 4.69) is 6.58 Å². The van der Waals surface area contributed by atoms with Gasteiger partial charge in [-0.1, -0.05) is 6.08 Å². The van der Waals surface area contributed by atoms with Gasteiger partial charge in [0.05, 0.1) is 11.5 Å². The van der Waals surface area contributed by atoms with Crippen LogP contribution in [-0.2, 0) is 14.6 Å². The van der Waals surface area contributed by atoms with Crippen LogP contribution in [0, 0.1) is 0 Å². The number of carbonyl (C=O) groups excluding carboxylic acids is 1. The molecule has 0 aromatic carbocycles. The molecule has 0 unspecified atom stereocenters. The molecule has 0 aliphatic heterocycles. The van der Waals surface area contributed by atoms with Gasteiger partial charge in [0.2, 0.25) is 0 Å². The van der Waals surface area contributed by atoms with Crippen LogP contribution in [0.5, 0.6) is 0 Å². The molecule has 0 heterocycles. The van der Waals surface area contributed by atoms with E-state index >= 15 is 0 Å². The Morgan fingerprint density at radius 3 is 2.35 bits per heavy atom. The molecule has 100 valence electrons. The number of hydrogen-bond acceptors (Lipinski definition) is 4. The van der Waals surface area contributed by atoms with Gasteiger partial charge in [-0.25, -0.2) is 13.2 Å². The lowest BCUT2D eigenvalue weighted by Crippen LogP contribution is -2.36. The maximum absolute atomic E-state index is 11.5. The van der Waals surface area contributed by atoms with Crippen LogP contribution in [-0.4, -0.2) is 50.1 Å². The fourth-order valence-corrected chi connectivity index (χ4v) is 2.05. The molecule has 1 amide bonds. The summed E-state index contributed by atoms with van der Waals surface area (Å²) in [6.07, 6.45) is 0.814. The number of nitrogens with zero attached hydrogens (tertiary/aromatic N) is 1. The molecule has 0 fully saturated rings. The lowest BCUT2D eigenvalue weighted by Gasteiger charge is -2.24. The van der Waals surface area contributed by atoms with E-state index in [0.29, 0.717) is 0 Å². The van der Waals surface area contributed by atoms with Crippen molar-refractivity contribution in [3.63, 3.8) is 0 Å². The van der Waals surface area contributed by atoms with Crippen LogP contribution in [0.1, 0.15) is 20.8 Å². The lowest BCUT2D eigenvalue weighted by atomic mass is 10.2. The molecule has 0 radical (unpaired) electrons. The molecule has 0 saturated carbocycles. The third-order valence-corrected chi connectivity index (χ3v) is 3.36. The van der Waals surface area contributed by atoms with E-state index in [0.717, 1.165) is 0 Å². The van der Waals surface area contributed by atoms with Gasteiger partial charge in [-0.15, -0.1) is 6.58 Å². The molecule has 0 spiro atoms. The van der Waals surface area contributed by atoms with Crippen LogP contribution in [0.15, 0.2) is 12.7 Å². The van der Waals surface area contributed by atoms with Gasteiger partial charge in [-0.05, 0) is 20.8 Å². The molecule has 5 nitrogen and oxygen atoms in total. The molecule has 0 aliphatic rings. The van der Waals surface area contributed by atoms with Crippen LogP contribution in [0.2, 0.25) is 0 Å². The van der Waals surface area contributed by atoms with E-state index in [9.17, 15) is 13.2 Å². The van der Waals surface area contributed by atoms with Crippen molar-refractivity contribution in [3.8, 4) is 0 Å². The maximum Gasteiger partial charge on any atom is 0.410 e. The Bertz CT molecular complexity index is 367. The van der Waals surface area contributed by atoms with Crippen molar-refractivity contribution in [2.45, 2.75) is 26.4 Å². The van der Waals surface area contributed by atoms with Crippen molar-refractivity contribution in [3.05, 3.63) is 12.7 Å². The summed E-state index contributed by atoms with van der Waals surface area (Å²) in [5.74, 6) is -0.163. The van der Waals surface area contributed by atoms with Gasteiger partial charge < -0.3 is 9.64 Å². The Labute approximate surface area is 103 Å². The number of carbonyl (C=O) groups is 1. The van der Waals surface area contributed by atoms with Crippen molar-refractivity contribution in [1.29, 1.82) is 0 Å². The van der Waals surface area contributed by atoms with Gasteiger partial charge in [0, 0.05) is 13.6 Å². The Morgan fingerprint density at radius 2 is 1.94 bits per heavy atom. The van der Waals surface area contributed by atoms with Gasteiger partial charge in [0.1, 0.15) is 5.60 Å². The van der Waals surface area contributed by atoms with E-state index in [4.69, 9.17) is 4.74 Å². The largest absolute Gasteiger partial charge is 0.444 e. The van der Waals surface area contributed by atoms with Crippen LogP contribution >= 0.6 is 0 Å². The molecule has 0 N–H and O–H groups in total. The molecule has 6 heteroatoms. The third kappa shape index (κ3) is 7.79. The Balaban J connectivity index is 4.24.